The molecular weight excluding hydrogens is 270 g/mol. The Balaban J connectivity index is 2.50. The molecule has 21 heavy (non-hydrogen) atoms. The van der Waals surface area contributed by atoms with Gasteiger partial charge < -0.3 is 15.5 Å². The highest BCUT2D eigenvalue weighted by Crippen LogP contribution is 2.10. The van der Waals surface area contributed by atoms with Gasteiger partial charge in [0.1, 0.15) is 0 Å². The summed E-state index contributed by atoms with van der Waals surface area (Å²) in [5.74, 6) is -0.302. The number of carbonyl (C=O) groups is 2. The Morgan fingerprint density at radius 1 is 1.19 bits per heavy atom. The Kier molecular flexibility index (Phi) is 6.94. The second-order valence-electron chi connectivity index (χ2n) is 4.56. The molecule has 1 aromatic rings. The first kappa shape index (κ1) is 16.7. The van der Waals surface area contributed by atoms with Gasteiger partial charge in [-0.05, 0) is 31.0 Å². The Morgan fingerprint density at radius 2 is 1.86 bits per heavy atom. The molecule has 1 aromatic carbocycles. The summed E-state index contributed by atoms with van der Waals surface area (Å²) < 4.78 is 0. The monoisotopic (exact) mass is 291 g/mol. The summed E-state index contributed by atoms with van der Waals surface area (Å²) in [6.07, 6.45) is 0.884. The predicted octanol–water partition coefficient (Wildman–Crippen LogP) is 1.91. The quantitative estimate of drug-likeness (QED) is 0.595. The zero-order chi connectivity index (χ0) is 15.7. The maximum Gasteiger partial charge on any atom is 0.260 e. The number of hydrogen-bond donors (Lipinski definition) is 2. The minimum absolute atomic E-state index is 0.0959. The molecule has 0 radical (unpaired) electrons. The van der Waals surface area contributed by atoms with Crippen LogP contribution in [-0.4, -0.2) is 30.7 Å². The fraction of sp³-hybridized carbons (Fsp3) is 0.400. The van der Waals surface area contributed by atoms with E-state index < -0.39 is 0 Å². The summed E-state index contributed by atoms with van der Waals surface area (Å²) in [7, 11) is 0. The summed E-state index contributed by atoms with van der Waals surface area (Å²) >= 11 is 0. The maximum atomic E-state index is 11.3. The lowest BCUT2D eigenvalue weighted by Gasteiger charge is -2.05. The summed E-state index contributed by atoms with van der Waals surface area (Å²) in [6, 6.07) is 7.21. The molecule has 0 unspecified atom stereocenters. The number of nitrogens with one attached hydrogen (secondary N) is 2. The largest absolute Gasteiger partial charge is 0.385 e. The van der Waals surface area contributed by atoms with E-state index in [1.54, 1.807) is 19.1 Å². The lowest BCUT2D eigenvalue weighted by atomic mass is 10.1. The van der Waals surface area contributed by atoms with Crippen molar-refractivity contribution in [2.45, 2.75) is 27.2 Å². The predicted molar refractivity (Wildman–Crippen MR) is 82.2 cm³/mol. The van der Waals surface area contributed by atoms with Gasteiger partial charge in [-0.2, -0.15) is 0 Å². The van der Waals surface area contributed by atoms with Crippen LogP contribution in [0.4, 0.5) is 5.69 Å². The van der Waals surface area contributed by atoms with Crippen LogP contribution in [0.2, 0.25) is 0 Å². The number of anilines is 1. The molecule has 0 aliphatic rings. The van der Waals surface area contributed by atoms with Gasteiger partial charge in [-0.15, -0.1) is 0 Å². The van der Waals surface area contributed by atoms with Crippen molar-refractivity contribution < 1.29 is 14.4 Å². The maximum absolute atomic E-state index is 11.3. The van der Waals surface area contributed by atoms with Crippen LogP contribution >= 0.6 is 0 Å². The SMILES string of the molecule is CCCNC(=O)CO/N=C(\C)c1ccc(NC(C)=O)cc1. The van der Waals surface area contributed by atoms with Crippen LogP contribution in [0.5, 0.6) is 0 Å². The normalized spacial score (nSPS) is 10.9. The smallest absolute Gasteiger partial charge is 0.260 e. The Labute approximate surface area is 124 Å². The highest BCUT2D eigenvalue weighted by molar-refractivity contribution is 5.99. The first-order valence-corrected chi connectivity index (χ1v) is 6.84. The number of benzene rings is 1. The highest BCUT2D eigenvalue weighted by Gasteiger charge is 2.02. The Hall–Kier alpha value is -2.37. The molecule has 0 fully saturated rings. The molecule has 0 aliphatic carbocycles. The van der Waals surface area contributed by atoms with Crippen molar-refractivity contribution in [2.24, 2.45) is 5.16 Å². The minimum Gasteiger partial charge on any atom is -0.385 e. The van der Waals surface area contributed by atoms with E-state index in [0.717, 1.165) is 17.7 Å². The lowest BCUT2D eigenvalue weighted by Crippen LogP contribution is -2.27. The third kappa shape index (κ3) is 6.56. The van der Waals surface area contributed by atoms with Crippen molar-refractivity contribution in [3.8, 4) is 0 Å². The van der Waals surface area contributed by atoms with E-state index in [2.05, 4.69) is 15.8 Å². The molecule has 1 rings (SSSR count). The van der Waals surface area contributed by atoms with Gasteiger partial charge in [0.2, 0.25) is 5.91 Å². The van der Waals surface area contributed by atoms with Crippen molar-refractivity contribution in [3.63, 3.8) is 0 Å². The van der Waals surface area contributed by atoms with Gasteiger partial charge in [0, 0.05) is 19.2 Å². The highest BCUT2D eigenvalue weighted by atomic mass is 16.6. The summed E-state index contributed by atoms with van der Waals surface area (Å²) in [5.41, 5.74) is 2.24. The molecule has 0 aromatic heterocycles. The van der Waals surface area contributed by atoms with Crippen LogP contribution < -0.4 is 10.6 Å². The first-order valence-electron chi connectivity index (χ1n) is 6.84. The van der Waals surface area contributed by atoms with E-state index in [0.29, 0.717) is 12.3 Å². The molecule has 0 saturated heterocycles. The zero-order valence-electron chi connectivity index (χ0n) is 12.6. The van der Waals surface area contributed by atoms with Crippen molar-refractivity contribution in [2.75, 3.05) is 18.5 Å². The second-order valence-corrected chi connectivity index (χ2v) is 4.56. The third-order valence-corrected chi connectivity index (χ3v) is 2.59. The average molecular weight is 291 g/mol. The Morgan fingerprint density at radius 3 is 2.43 bits per heavy atom. The third-order valence-electron chi connectivity index (χ3n) is 2.59. The van der Waals surface area contributed by atoms with Gasteiger partial charge in [0.25, 0.3) is 5.91 Å². The molecule has 0 aliphatic heterocycles. The van der Waals surface area contributed by atoms with Gasteiger partial charge in [-0.1, -0.05) is 24.2 Å². The number of rotatable bonds is 7. The van der Waals surface area contributed by atoms with Crippen LogP contribution in [0, 0.1) is 0 Å². The number of oxime groups is 1. The topological polar surface area (TPSA) is 79.8 Å². The molecule has 2 amide bonds. The van der Waals surface area contributed by atoms with Crippen molar-refractivity contribution in [3.05, 3.63) is 29.8 Å². The zero-order valence-corrected chi connectivity index (χ0v) is 12.6. The van der Waals surface area contributed by atoms with E-state index >= 15 is 0 Å². The van der Waals surface area contributed by atoms with Crippen LogP contribution in [0.1, 0.15) is 32.8 Å². The molecule has 2 N–H and O–H groups in total. The van der Waals surface area contributed by atoms with Gasteiger partial charge in [-0.3, -0.25) is 9.59 Å². The van der Waals surface area contributed by atoms with E-state index in [1.807, 2.05) is 19.1 Å². The van der Waals surface area contributed by atoms with Gasteiger partial charge in [-0.25, -0.2) is 0 Å². The second kappa shape index (κ2) is 8.73. The average Bonchev–Trinajstić information content (AvgIpc) is 2.45. The molecule has 0 spiro atoms. The minimum atomic E-state index is -0.186. The summed E-state index contributed by atoms with van der Waals surface area (Å²) in [5, 5.41) is 9.29. The van der Waals surface area contributed by atoms with E-state index in [1.165, 1.54) is 6.92 Å². The van der Waals surface area contributed by atoms with E-state index in [-0.39, 0.29) is 18.4 Å². The number of carbonyl (C=O) groups excluding carboxylic acids is 2. The van der Waals surface area contributed by atoms with Crippen LogP contribution in [0.3, 0.4) is 0 Å². The molecule has 114 valence electrons. The van der Waals surface area contributed by atoms with Crippen LogP contribution in [-0.2, 0) is 14.4 Å². The van der Waals surface area contributed by atoms with Gasteiger partial charge in [0.15, 0.2) is 6.61 Å². The molecule has 0 atom stereocenters. The van der Waals surface area contributed by atoms with Gasteiger partial charge >= 0.3 is 0 Å². The molecule has 0 heterocycles. The fourth-order valence-corrected chi connectivity index (χ4v) is 1.55. The first-order chi connectivity index (χ1) is 10.0. The van der Waals surface area contributed by atoms with Gasteiger partial charge in [0.05, 0.1) is 5.71 Å². The lowest BCUT2D eigenvalue weighted by molar-refractivity contribution is -0.125. The van der Waals surface area contributed by atoms with Crippen LogP contribution in [0.15, 0.2) is 29.4 Å². The fourth-order valence-electron chi connectivity index (χ4n) is 1.55. The molecule has 6 heteroatoms. The molecular formula is C15H21N3O3. The van der Waals surface area contributed by atoms with Crippen molar-refractivity contribution in [1.29, 1.82) is 0 Å². The summed E-state index contributed by atoms with van der Waals surface area (Å²) in [4.78, 5) is 27.3. The van der Waals surface area contributed by atoms with E-state index in [9.17, 15) is 9.59 Å². The molecule has 0 saturated carbocycles. The van der Waals surface area contributed by atoms with Crippen LogP contribution in [0.25, 0.3) is 0 Å². The number of nitrogens with zero attached hydrogens (tertiary/aromatic N) is 1. The molecule has 0 bridgehead atoms. The van der Waals surface area contributed by atoms with E-state index in [4.69, 9.17) is 4.84 Å². The van der Waals surface area contributed by atoms with Crippen molar-refractivity contribution >= 4 is 23.2 Å². The summed E-state index contributed by atoms with van der Waals surface area (Å²) in [6.45, 7) is 5.76. The van der Waals surface area contributed by atoms with Crippen molar-refractivity contribution in [1.82, 2.24) is 5.32 Å². The Bertz CT molecular complexity index is 509. The number of hydrogen-bond acceptors (Lipinski definition) is 4. The molecule has 6 nitrogen and oxygen atoms in total. The number of amides is 2. The standard InChI is InChI=1S/C15H21N3O3/c1-4-9-16-15(20)10-21-18-11(2)13-5-7-14(8-6-13)17-12(3)19/h5-8H,4,9-10H2,1-3H3,(H,16,20)(H,17,19)/b18-11+.